The summed E-state index contributed by atoms with van der Waals surface area (Å²) in [5.74, 6) is 0.624. The van der Waals surface area contributed by atoms with Crippen LogP contribution in [0.4, 0.5) is 0 Å². The lowest BCUT2D eigenvalue weighted by Gasteiger charge is -2.10. The molecule has 0 fully saturated rings. The minimum atomic E-state index is 0.181. The van der Waals surface area contributed by atoms with Crippen LogP contribution < -0.4 is 0 Å². The fourth-order valence-electron chi connectivity index (χ4n) is 2.83. The van der Waals surface area contributed by atoms with Crippen molar-refractivity contribution in [2.24, 2.45) is 0 Å². The van der Waals surface area contributed by atoms with Gasteiger partial charge in [-0.25, -0.2) is 0 Å². The van der Waals surface area contributed by atoms with E-state index in [0.717, 1.165) is 44.9 Å². The minimum Gasteiger partial charge on any atom is -0.299 e. The van der Waals surface area contributed by atoms with Gasteiger partial charge in [-0.2, -0.15) is 0 Å². The van der Waals surface area contributed by atoms with Crippen LogP contribution in [0.15, 0.2) is 36.9 Å². The van der Waals surface area contributed by atoms with Crippen LogP contribution in [0.2, 0.25) is 0 Å². The highest BCUT2D eigenvalue weighted by Gasteiger charge is 2.27. The van der Waals surface area contributed by atoms with E-state index in [4.69, 9.17) is 0 Å². The number of hydrogen-bond donors (Lipinski definition) is 0. The van der Waals surface area contributed by atoms with Crippen LogP contribution in [0.3, 0.4) is 0 Å². The summed E-state index contributed by atoms with van der Waals surface area (Å²) in [7, 11) is 0. The number of Topliss-reactive ketones (excluding diaryl/α,β-unsaturated/α-hetero) is 1. The molecule has 1 aliphatic carbocycles. The van der Waals surface area contributed by atoms with E-state index in [1.807, 2.05) is 6.08 Å². The second-order valence-corrected chi connectivity index (χ2v) is 5.14. The Kier molecular flexibility index (Phi) is 4.74. The standard InChI is InChI=1S/C17H22O/c1-2-3-4-5-6-11-17(18)16-13-12-14-9-7-8-10-15(14)16/h2,7-10,16H,1,3-6,11-13H2. The molecule has 1 heteroatoms. The quantitative estimate of drug-likeness (QED) is 0.511. The second-order valence-electron chi connectivity index (χ2n) is 5.14. The van der Waals surface area contributed by atoms with Gasteiger partial charge in [0.1, 0.15) is 5.78 Å². The smallest absolute Gasteiger partial charge is 0.140 e. The fourth-order valence-corrected chi connectivity index (χ4v) is 2.83. The lowest BCUT2D eigenvalue weighted by molar-refractivity contribution is -0.120. The normalized spacial score (nSPS) is 17.4. The third kappa shape index (κ3) is 3.10. The van der Waals surface area contributed by atoms with E-state index in [1.54, 1.807) is 0 Å². The van der Waals surface area contributed by atoms with E-state index in [2.05, 4.69) is 30.8 Å². The molecule has 2 rings (SSSR count). The first kappa shape index (κ1) is 13.1. The van der Waals surface area contributed by atoms with Crippen molar-refractivity contribution in [1.82, 2.24) is 0 Å². The molecule has 0 bridgehead atoms. The van der Waals surface area contributed by atoms with Crippen molar-refractivity contribution in [2.75, 3.05) is 0 Å². The van der Waals surface area contributed by atoms with Gasteiger partial charge in [-0.3, -0.25) is 4.79 Å². The van der Waals surface area contributed by atoms with Gasteiger partial charge in [-0.05, 0) is 43.2 Å². The molecule has 1 aromatic carbocycles. The number of ketones is 1. The Morgan fingerprint density at radius 2 is 2.11 bits per heavy atom. The van der Waals surface area contributed by atoms with E-state index in [9.17, 15) is 4.79 Å². The molecule has 0 amide bonds. The van der Waals surface area contributed by atoms with E-state index < -0.39 is 0 Å². The molecule has 0 saturated heterocycles. The maximum absolute atomic E-state index is 12.2. The summed E-state index contributed by atoms with van der Waals surface area (Å²) < 4.78 is 0. The SMILES string of the molecule is C=CCCCCCC(=O)C1CCc2ccccc21. The summed E-state index contributed by atoms with van der Waals surface area (Å²) in [6, 6.07) is 8.41. The molecule has 1 unspecified atom stereocenters. The number of benzene rings is 1. The monoisotopic (exact) mass is 242 g/mol. The number of unbranched alkanes of at least 4 members (excludes halogenated alkanes) is 3. The van der Waals surface area contributed by atoms with E-state index in [0.29, 0.717) is 5.78 Å². The Hall–Kier alpha value is -1.37. The summed E-state index contributed by atoms with van der Waals surface area (Å²) in [6.07, 6.45) is 9.20. The first-order valence-electron chi connectivity index (χ1n) is 7.04. The molecule has 1 aliphatic rings. The predicted molar refractivity (Wildman–Crippen MR) is 75.8 cm³/mol. The summed E-state index contributed by atoms with van der Waals surface area (Å²) >= 11 is 0. The maximum Gasteiger partial charge on any atom is 0.140 e. The van der Waals surface area contributed by atoms with Crippen molar-refractivity contribution in [3.63, 3.8) is 0 Å². The van der Waals surface area contributed by atoms with Crippen molar-refractivity contribution in [3.05, 3.63) is 48.0 Å². The van der Waals surface area contributed by atoms with Crippen LogP contribution in [0.5, 0.6) is 0 Å². The van der Waals surface area contributed by atoms with Crippen LogP contribution in [-0.2, 0) is 11.2 Å². The van der Waals surface area contributed by atoms with Crippen LogP contribution >= 0.6 is 0 Å². The zero-order valence-corrected chi connectivity index (χ0v) is 11.0. The molecular weight excluding hydrogens is 220 g/mol. The van der Waals surface area contributed by atoms with Crippen molar-refractivity contribution < 1.29 is 4.79 Å². The molecule has 1 nitrogen and oxygen atoms in total. The van der Waals surface area contributed by atoms with Gasteiger partial charge in [0, 0.05) is 12.3 Å². The van der Waals surface area contributed by atoms with E-state index in [-0.39, 0.29) is 5.92 Å². The molecule has 0 N–H and O–H groups in total. The Labute approximate surface area is 110 Å². The van der Waals surface area contributed by atoms with Gasteiger partial charge in [0.15, 0.2) is 0 Å². The Bertz CT molecular complexity index is 419. The first-order chi connectivity index (χ1) is 8.83. The van der Waals surface area contributed by atoms with Crippen LogP contribution in [-0.4, -0.2) is 5.78 Å². The fraction of sp³-hybridized carbons (Fsp3) is 0.471. The Morgan fingerprint density at radius 3 is 2.94 bits per heavy atom. The third-order valence-electron chi connectivity index (χ3n) is 3.85. The highest BCUT2D eigenvalue weighted by molar-refractivity contribution is 5.86. The van der Waals surface area contributed by atoms with Gasteiger partial charge in [0.25, 0.3) is 0 Å². The summed E-state index contributed by atoms with van der Waals surface area (Å²) in [5.41, 5.74) is 2.66. The highest BCUT2D eigenvalue weighted by Crippen LogP contribution is 2.34. The van der Waals surface area contributed by atoms with Crippen molar-refractivity contribution in [3.8, 4) is 0 Å². The van der Waals surface area contributed by atoms with Gasteiger partial charge >= 0.3 is 0 Å². The molecule has 0 saturated carbocycles. The van der Waals surface area contributed by atoms with Crippen molar-refractivity contribution in [1.29, 1.82) is 0 Å². The van der Waals surface area contributed by atoms with E-state index in [1.165, 1.54) is 11.1 Å². The predicted octanol–water partition coefficient (Wildman–Crippen LogP) is 4.42. The van der Waals surface area contributed by atoms with Crippen LogP contribution in [0, 0.1) is 0 Å². The maximum atomic E-state index is 12.2. The molecule has 0 spiro atoms. The number of carbonyl (C=O) groups excluding carboxylic acids is 1. The molecule has 0 aromatic heterocycles. The molecule has 0 radical (unpaired) electrons. The largest absolute Gasteiger partial charge is 0.299 e. The summed E-state index contributed by atoms with van der Waals surface area (Å²) in [6.45, 7) is 3.71. The number of carbonyl (C=O) groups is 1. The average Bonchev–Trinajstić information content (AvgIpc) is 2.82. The average molecular weight is 242 g/mol. The Morgan fingerprint density at radius 1 is 1.28 bits per heavy atom. The summed E-state index contributed by atoms with van der Waals surface area (Å²) in [4.78, 5) is 12.2. The number of allylic oxidation sites excluding steroid dienone is 1. The molecule has 0 heterocycles. The molecule has 18 heavy (non-hydrogen) atoms. The van der Waals surface area contributed by atoms with E-state index >= 15 is 0 Å². The van der Waals surface area contributed by atoms with Crippen molar-refractivity contribution >= 4 is 5.78 Å². The lowest BCUT2D eigenvalue weighted by atomic mass is 9.93. The van der Waals surface area contributed by atoms with Gasteiger partial charge in [-0.15, -0.1) is 6.58 Å². The molecule has 0 aliphatic heterocycles. The highest BCUT2D eigenvalue weighted by atomic mass is 16.1. The number of fused-ring (bicyclic) bond motifs is 1. The molecular formula is C17H22O. The summed E-state index contributed by atoms with van der Waals surface area (Å²) in [5, 5.41) is 0. The molecule has 1 aromatic rings. The third-order valence-corrected chi connectivity index (χ3v) is 3.85. The van der Waals surface area contributed by atoms with Gasteiger partial charge < -0.3 is 0 Å². The number of hydrogen-bond acceptors (Lipinski definition) is 1. The topological polar surface area (TPSA) is 17.1 Å². The second kappa shape index (κ2) is 6.53. The number of aryl methyl sites for hydroxylation is 1. The van der Waals surface area contributed by atoms with Gasteiger partial charge in [-0.1, -0.05) is 36.8 Å². The zero-order chi connectivity index (χ0) is 12.8. The minimum absolute atomic E-state index is 0.181. The van der Waals surface area contributed by atoms with Crippen molar-refractivity contribution in [2.45, 2.75) is 50.9 Å². The zero-order valence-electron chi connectivity index (χ0n) is 11.0. The lowest BCUT2D eigenvalue weighted by Crippen LogP contribution is -2.09. The first-order valence-corrected chi connectivity index (χ1v) is 7.04. The Balaban J connectivity index is 1.82. The number of rotatable bonds is 7. The van der Waals surface area contributed by atoms with Gasteiger partial charge in [0.05, 0.1) is 0 Å². The molecule has 96 valence electrons. The van der Waals surface area contributed by atoms with Crippen LogP contribution in [0.1, 0.15) is 55.6 Å². The molecule has 1 atom stereocenters. The van der Waals surface area contributed by atoms with Gasteiger partial charge in [0.2, 0.25) is 0 Å². The van der Waals surface area contributed by atoms with Crippen LogP contribution in [0.25, 0.3) is 0 Å².